The maximum atomic E-state index is 6.13. The van der Waals surface area contributed by atoms with Crippen LogP contribution in [0.5, 0.6) is 0 Å². The van der Waals surface area contributed by atoms with Gasteiger partial charge in [-0.3, -0.25) is 0 Å². The highest BCUT2D eigenvalue weighted by Gasteiger charge is 2.10. The van der Waals surface area contributed by atoms with Gasteiger partial charge in [0.2, 0.25) is 0 Å². The number of fused-ring (bicyclic) bond motifs is 1. The van der Waals surface area contributed by atoms with Gasteiger partial charge in [-0.1, -0.05) is 46.8 Å². The molecule has 0 bridgehead atoms. The van der Waals surface area contributed by atoms with Gasteiger partial charge in [0.1, 0.15) is 11.4 Å². The maximum absolute atomic E-state index is 6.13. The second-order valence-corrected chi connectivity index (χ2v) is 5.32. The standard InChI is InChI=1S/C12H10ClN5S/c1-18-11-10(16-17-18)12(15-7-14-11)19-6-8-4-2-3-5-9(8)13/h2-5,7H,6H2,1H3. The van der Waals surface area contributed by atoms with Gasteiger partial charge in [-0.2, -0.15) is 0 Å². The Hall–Kier alpha value is -1.66. The topological polar surface area (TPSA) is 56.5 Å². The summed E-state index contributed by atoms with van der Waals surface area (Å²) in [4.78, 5) is 8.42. The molecule has 7 heteroatoms. The normalized spacial score (nSPS) is 11.1. The van der Waals surface area contributed by atoms with Crippen LogP contribution >= 0.6 is 23.4 Å². The minimum Gasteiger partial charge on any atom is -0.230 e. The summed E-state index contributed by atoms with van der Waals surface area (Å²) in [5.74, 6) is 0.738. The molecule has 0 radical (unpaired) electrons. The molecule has 0 aliphatic carbocycles. The summed E-state index contributed by atoms with van der Waals surface area (Å²) in [6.45, 7) is 0. The van der Waals surface area contributed by atoms with Gasteiger partial charge in [0.25, 0.3) is 0 Å². The summed E-state index contributed by atoms with van der Waals surface area (Å²) < 4.78 is 1.64. The largest absolute Gasteiger partial charge is 0.230 e. The van der Waals surface area contributed by atoms with Crippen LogP contribution in [0.1, 0.15) is 5.56 Å². The third-order valence-electron chi connectivity index (χ3n) is 2.68. The third-order valence-corrected chi connectivity index (χ3v) is 4.07. The number of hydrogen-bond acceptors (Lipinski definition) is 5. The molecule has 3 aromatic rings. The summed E-state index contributed by atoms with van der Waals surface area (Å²) in [6, 6.07) is 7.78. The fourth-order valence-electron chi connectivity index (χ4n) is 1.70. The molecule has 0 saturated heterocycles. The second kappa shape index (κ2) is 5.14. The zero-order valence-corrected chi connectivity index (χ0v) is 11.7. The smallest absolute Gasteiger partial charge is 0.182 e. The van der Waals surface area contributed by atoms with Gasteiger partial charge in [-0.25, -0.2) is 14.6 Å². The van der Waals surface area contributed by atoms with E-state index in [1.807, 2.05) is 31.3 Å². The Labute approximate surface area is 119 Å². The number of nitrogens with zero attached hydrogens (tertiary/aromatic N) is 5. The second-order valence-electron chi connectivity index (χ2n) is 3.94. The Morgan fingerprint density at radius 3 is 2.95 bits per heavy atom. The van der Waals surface area contributed by atoms with Crippen molar-refractivity contribution < 1.29 is 0 Å². The van der Waals surface area contributed by atoms with Crippen LogP contribution < -0.4 is 0 Å². The van der Waals surface area contributed by atoms with Gasteiger partial charge in [-0.05, 0) is 11.6 Å². The molecule has 1 aromatic carbocycles. The molecule has 96 valence electrons. The van der Waals surface area contributed by atoms with Crippen LogP contribution in [-0.4, -0.2) is 25.0 Å². The molecule has 0 unspecified atom stereocenters. The first-order valence-corrected chi connectivity index (χ1v) is 6.98. The molecule has 0 spiro atoms. The number of hydrogen-bond donors (Lipinski definition) is 0. The molecule has 2 aromatic heterocycles. The Balaban J connectivity index is 1.88. The molecule has 5 nitrogen and oxygen atoms in total. The Morgan fingerprint density at radius 1 is 1.26 bits per heavy atom. The van der Waals surface area contributed by atoms with Crippen molar-refractivity contribution in [3.8, 4) is 0 Å². The van der Waals surface area contributed by atoms with Crippen molar-refractivity contribution in [1.29, 1.82) is 0 Å². The van der Waals surface area contributed by atoms with Crippen LogP contribution in [0.2, 0.25) is 5.02 Å². The van der Waals surface area contributed by atoms with E-state index in [-0.39, 0.29) is 0 Å². The van der Waals surface area contributed by atoms with E-state index in [2.05, 4.69) is 20.3 Å². The first-order chi connectivity index (χ1) is 9.25. The molecule has 19 heavy (non-hydrogen) atoms. The van der Waals surface area contributed by atoms with E-state index in [4.69, 9.17) is 11.6 Å². The van der Waals surface area contributed by atoms with Crippen LogP contribution in [-0.2, 0) is 12.8 Å². The van der Waals surface area contributed by atoms with E-state index >= 15 is 0 Å². The lowest BCUT2D eigenvalue weighted by Gasteiger charge is -2.03. The number of thioether (sulfide) groups is 1. The fourth-order valence-corrected chi connectivity index (χ4v) is 2.92. The van der Waals surface area contributed by atoms with Crippen molar-refractivity contribution >= 4 is 34.5 Å². The molecule has 2 heterocycles. The van der Waals surface area contributed by atoms with Gasteiger partial charge in [0.05, 0.1) is 0 Å². The average Bonchev–Trinajstić information content (AvgIpc) is 2.81. The van der Waals surface area contributed by atoms with Gasteiger partial charge in [0, 0.05) is 17.8 Å². The number of aryl methyl sites for hydroxylation is 1. The molecule has 0 atom stereocenters. The first kappa shape index (κ1) is 12.4. The Morgan fingerprint density at radius 2 is 2.11 bits per heavy atom. The maximum Gasteiger partial charge on any atom is 0.182 e. The summed E-state index contributed by atoms with van der Waals surface area (Å²) >= 11 is 7.71. The van der Waals surface area contributed by atoms with Gasteiger partial charge < -0.3 is 0 Å². The quantitative estimate of drug-likeness (QED) is 0.548. The zero-order chi connectivity index (χ0) is 13.2. The van der Waals surface area contributed by atoms with Crippen molar-refractivity contribution in [3.05, 3.63) is 41.2 Å². The van der Waals surface area contributed by atoms with E-state index < -0.39 is 0 Å². The Kier molecular flexibility index (Phi) is 3.35. The molecule has 0 aliphatic rings. The van der Waals surface area contributed by atoms with Gasteiger partial charge in [-0.15, -0.1) is 5.10 Å². The number of rotatable bonds is 3. The van der Waals surface area contributed by atoms with E-state index in [1.54, 1.807) is 16.4 Å². The zero-order valence-electron chi connectivity index (χ0n) is 10.1. The first-order valence-electron chi connectivity index (χ1n) is 5.62. The number of benzene rings is 1. The van der Waals surface area contributed by atoms with Crippen molar-refractivity contribution in [1.82, 2.24) is 25.0 Å². The highest BCUT2D eigenvalue weighted by molar-refractivity contribution is 7.98. The summed E-state index contributed by atoms with van der Waals surface area (Å²) in [5, 5.41) is 9.62. The van der Waals surface area contributed by atoms with Crippen LogP contribution in [0.25, 0.3) is 11.2 Å². The lowest BCUT2D eigenvalue weighted by Crippen LogP contribution is -1.93. The van der Waals surface area contributed by atoms with Crippen molar-refractivity contribution in [3.63, 3.8) is 0 Å². The molecular weight excluding hydrogens is 282 g/mol. The van der Waals surface area contributed by atoms with Gasteiger partial charge in [0.15, 0.2) is 11.2 Å². The van der Waals surface area contributed by atoms with E-state index in [1.165, 1.54) is 6.33 Å². The molecule has 0 N–H and O–H groups in total. The van der Waals surface area contributed by atoms with E-state index in [0.717, 1.165) is 32.5 Å². The van der Waals surface area contributed by atoms with Crippen LogP contribution in [0.4, 0.5) is 0 Å². The Bertz CT molecular complexity index is 727. The minimum atomic E-state index is 0.724. The minimum absolute atomic E-state index is 0.724. The van der Waals surface area contributed by atoms with E-state index in [9.17, 15) is 0 Å². The molecule has 0 saturated carbocycles. The molecule has 0 fully saturated rings. The lowest BCUT2D eigenvalue weighted by molar-refractivity contribution is 0.729. The van der Waals surface area contributed by atoms with Crippen LogP contribution in [0.3, 0.4) is 0 Å². The van der Waals surface area contributed by atoms with E-state index in [0.29, 0.717) is 0 Å². The summed E-state index contributed by atoms with van der Waals surface area (Å²) in [6.07, 6.45) is 1.53. The van der Waals surface area contributed by atoms with Crippen molar-refractivity contribution in [2.75, 3.05) is 0 Å². The van der Waals surface area contributed by atoms with Crippen LogP contribution in [0.15, 0.2) is 35.6 Å². The lowest BCUT2D eigenvalue weighted by atomic mass is 10.2. The number of halogens is 1. The molecule has 3 rings (SSSR count). The predicted molar refractivity (Wildman–Crippen MR) is 75.1 cm³/mol. The summed E-state index contributed by atoms with van der Waals surface area (Å²) in [5.41, 5.74) is 2.53. The van der Waals surface area contributed by atoms with Crippen LogP contribution in [0, 0.1) is 0 Å². The monoisotopic (exact) mass is 291 g/mol. The SMILES string of the molecule is Cn1nnc2c(SCc3ccccc3Cl)ncnc21. The third kappa shape index (κ3) is 2.41. The summed E-state index contributed by atoms with van der Waals surface area (Å²) in [7, 11) is 1.81. The predicted octanol–water partition coefficient (Wildman–Crippen LogP) is 2.70. The highest BCUT2D eigenvalue weighted by atomic mass is 35.5. The fraction of sp³-hybridized carbons (Fsp3) is 0.167. The number of aromatic nitrogens is 5. The van der Waals surface area contributed by atoms with Crippen molar-refractivity contribution in [2.24, 2.45) is 7.05 Å². The molecular formula is C12H10ClN5S. The highest BCUT2D eigenvalue weighted by Crippen LogP contribution is 2.28. The molecule has 0 amide bonds. The average molecular weight is 292 g/mol. The molecule has 0 aliphatic heterocycles. The van der Waals surface area contributed by atoms with Gasteiger partial charge >= 0.3 is 0 Å². The van der Waals surface area contributed by atoms with Crippen molar-refractivity contribution in [2.45, 2.75) is 10.8 Å².